The number of aliphatic imine (C=N–C) groups is 1. The topological polar surface area (TPSA) is 55.7 Å². The van der Waals surface area contributed by atoms with E-state index < -0.39 is 11.8 Å². The van der Waals surface area contributed by atoms with Gasteiger partial charge >= 0.3 is 5.97 Å². The first-order chi connectivity index (χ1) is 8.06. The van der Waals surface area contributed by atoms with Crippen LogP contribution in [-0.2, 0) is 14.3 Å². The van der Waals surface area contributed by atoms with Crippen molar-refractivity contribution in [3.63, 3.8) is 0 Å². The number of nitrogens with zero attached hydrogens (tertiary/aromatic N) is 1. The number of carbonyl (C=O) groups is 2. The summed E-state index contributed by atoms with van der Waals surface area (Å²) in [6.07, 6.45) is 0. The lowest BCUT2D eigenvalue weighted by Crippen LogP contribution is -2.24. The van der Waals surface area contributed by atoms with Gasteiger partial charge in [0.1, 0.15) is 0 Å². The van der Waals surface area contributed by atoms with Gasteiger partial charge in [-0.25, -0.2) is 9.79 Å². The Morgan fingerprint density at radius 3 is 2.47 bits per heavy atom. The molecule has 4 nitrogen and oxygen atoms in total. The fraction of sp³-hybridized carbons (Fsp3) is 0.308. The lowest BCUT2D eigenvalue weighted by atomic mass is 10.2. The molecule has 0 heterocycles. The zero-order valence-corrected chi connectivity index (χ0v) is 10.2. The van der Waals surface area contributed by atoms with Crippen molar-refractivity contribution >= 4 is 23.2 Å². The second-order valence-corrected chi connectivity index (χ2v) is 3.52. The molecule has 1 rings (SSSR count). The molecule has 4 heteroatoms. The normalized spacial score (nSPS) is 11.1. The molecule has 0 atom stereocenters. The lowest BCUT2D eigenvalue weighted by Gasteiger charge is -2.04. The molecule has 0 N–H and O–H groups in total. The number of hydrogen-bond donors (Lipinski definition) is 0. The largest absolute Gasteiger partial charge is 0.461 e. The fourth-order valence-corrected chi connectivity index (χ4v) is 1.28. The SMILES string of the molecule is CCOC(=O)C(=Nc1ccccc1C)C(C)=O. The number of hydrogen-bond acceptors (Lipinski definition) is 4. The molecular weight excluding hydrogens is 218 g/mol. The standard InChI is InChI=1S/C13H15NO3/c1-4-17-13(16)12(10(3)15)14-11-8-6-5-7-9(11)2/h5-8H,4H2,1-3H3. The number of benzene rings is 1. The first kappa shape index (κ1) is 13.1. The quantitative estimate of drug-likeness (QED) is 0.455. The summed E-state index contributed by atoms with van der Waals surface area (Å²) in [7, 11) is 0. The van der Waals surface area contributed by atoms with Crippen molar-refractivity contribution in [1.29, 1.82) is 0 Å². The summed E-state index contributed by atoms with van der Waals surface area (Å²) in [5, 5.41) is 0. The number of esters is 1. The maximum absolute atomic E-state index is 11.5. The van der Waals surface area contributed by atoms with E-state index in [4.69, 9.17) is 4.74 Å². The molecule has 17 heavy (non-hydrogen) atoms. The Hall–Kier alpha value is -1.97. The molecule has 0 amide bonds. The average Bonchev–Trinajstić information content (AvgIpc) is 2.27. The summed E-state index contributed by atoms with van der Waals surface area (Å²) in [5.41, 5.74) is 1.34. The second kappa shape index (κ2) is 5.94. The van der Waals surface area contributed by atoms with E-state index >= 15 is 0 Å². The molecule has 0 fully saturated rings. The number of ketones is 1. The molecule has 0 radical (unpaired) electrons. The molecule has 90 valence electrons. The van der Waals surface area contributed by atoms with Gasteiger partial charge in [0.05, 0.1) is 12.3 Å². The summed E-state index contributed by atoms with van der Waals surface area (Å²) in [6.45, 7) is 5.07. The average molecular weight is 233 g/mol. The van der Waals surface area contributed by atoms with Gasteiger partial charge in [0.25, 0.3) is 0 Å². The van der Waals surface area contributed by atoms with Crippen LogP contribution in [0, 0.1) is 6.92 Å². The Kier molecular flexibility index (Phi) is 4.57. The van der Waals surface area contributed by atoms with Crippen LogP contribution < -0.4 is 0 Å². The van der Waals surface area contributed by atoms with Gasteiger partial charge in [-0.1, -0.05) is 18.2 Å². The van der Waals surface area contributed by atoms with Gasteiger partial charge in [0.15, 0.2) is 11.5 Å². The van der Waals surface area contributed by atoms with Crippen LogP contribution in [0.4, 0.5) is 5.69 Å². The zero-order valence-electron chi connectivity index (χ0n) is 10.2. The van der Waals surface area contributed by atoms with Gasteiger partial charge in [-0.15, -0.1) is 0 Å². The number of carbonyl (C=O) groups excluding carboxylic acids is 2. The Morgan fingerprint density at radius 2 is 1.94 bits per heavy atom. The van der Waals surface area contributed by atoms with Crippen molar-refractivity contribution in [2.45, 2.75) is 20.8 Å². The molecule has 1 aromatic carbocycles. The molecule has 0 saturated carbocycles. The maximum atomic E-state index is 11.5. The molecule has 1 aromatic rings. The Bertz CT molecular complexity index is 463. The first-order valence-electron chi connectivity index (χ1n) is 5.38. The van der Waals surface area contributed by atoms with Gasteiger partial charge < -0.3 is 4.74 Å². The fourth-order valence-electron chi connectivity index (χ4n) is 1.28. The third kappa shape index (κ3) is 3.52. The number of Topliss-reactive ketones (excluding diaryl/α,β-unsaturated/α-hetero) is 1. The highest BCUT2D eigenvalue weighted by atomic mass is 16.5. The van der Waals surface area contributed by atoms with E-state index in [0.29, 0.717) is 5.69 Å². The zero-order chi connectivity index (χ0) is 12.8. The van der Waals surface area contributed by atoms with Crippen LogP contribution >= 0.6 is 0 Å². The van der Waals surface area contributed by atoms with Gasteiger partial charge in [-0.3, -0.25) is 4.79 Å². The molecule has 0 saturated heterocycles. The van der Waals surface area contributed by atoms with Gasteiger partial charge in [-0.2, -0.15) is 0 Å². The minimum atomic E-state index is -0.678. The van der Waals surface area contributed by atoms with E-state index in [1.807, 2.05) is 19.1 Å². The number of rotatable bonds is 4. The monoisotopic (exact) mass is 233 g/mol. The molecule has 0 aliphatic heterocycles. The summed E-state index contributed by atoms with van der Waals surface area (Å²) in [4.78, 5) is 26.9. The van der Waals surface area contributed by atoms with Crippen molar-refractivity contribution < 1.29 is 14.3 Å². The summed E-state index contributed by atoms with van der Waals surface area (Å²) in [6, 6.07) is 7.28. The van der Waals surface area contributed by atoms with Crippen molar-refractivity contribution in [3.8, 4) is 0 Å². The van der Waals surface area contributed by atoms with E-state index in [9.17, 15) is 9.59 Å². The highest BCUT2D eigenvalue weighted by Gasteiger charge is 2.18. The summed E-state index contributed by atoms with van der Waals surface area (Å²) >= 11 is 0. The predicted molar refractivity (Wildman–Crippen MR) is 65.6 cm³/mol. The molecule has 0 spiro atoms. The van der Waals surface area contributed by atoms with E-state index in [2.05, 4.69) is 4.99 Å². The van der Waals surface area contributed by atoms with Crippen LogP contribution in [-0.4, -0.2) is 24.1 Å². The Labute approximate surface area is 100 Å². The van der Waals surface area contributed by atoms with Crippen LogP contribution in [0.15, 0.2) is 29.3 Å². The van der Waals surface area contributed by atoms with Crippen LogP contribution in [0.1, 0.15) is 19.4 Å². The minimum absolute atomic E-state index is 0.166. The highest BCUT2D eigenvalue weighted by molar-refractivity contribution is 6.64. The number of para-hydroxylation sites is 1. The Morgan fingerprint density at radius 1 is 1.29 bits per heavy atom. The van der Waals surface area contributed by atoms with Crippen LogP contribution in [0.3, 0.4) is 0 Å². The van der Waals surface area contributed by atoms with Crippen LogP contribution in [0.5, 0.6) is 0 Å². The van der Waals surface area contributed by atoms with Crippen LogP contribution in [0.25, 0.3) is 0 Å². The minimum Gasteiger partial charge on any atom is -0.461 e. The highest BCUT2D eigenvalue weighted by Crippen LogP contribution is 2.17. The summed E-state index contributed by atoms with van der Waals surface area (Å²) in [5.74, 6) is -1.07. The maximum Gasteiger partial charge on any atom is 0.360 e. The molecule has 0 unspecified atom stereocenters. The van der Waals surface area contributed by atoms with Crippen molar-refractivity contribution in [1.82, 2.24) is 0 Å². The Balaban J connectivity index is 3.11. The van der Waals surface area contributed by atoms with Gasteiger partial charge in [0.2, 0.25) is 0 Å². The van der Waals surface area contributed by atoms with E-state index in [1.54, 1.807) is 19.1 Å². The summed E-state index contributed by atoms with van der Waals surface area (Å²) < 4.78 is 4.79. The number of ether oxygens (including phenoxy) is 1. The molecule has 0 aromatic heterocycles. The number of aryl methyl sites for hydroxylation is 1. The van der Waals surface area contributed by atoms with Gasteiger partial charge in [-0.05, 0) is 25.5 Å². The van der Waals surface area contributed by atoms with E-state index in [-0.39, 0.29) is 12.3 Å². The predicted octanol–water partition coefficient (Wildman–Crippen LogP) is 2.22. The molecule has 0 bridgehead atoms. The molecule has 0 aliphatic carbocycles. The smallest absolute Gasteiger partial charge is 0.360 e. The van der Waals surface area contributed by atoms with Crippen molar-refractivity contribution in [3.05, 3.63) is 29.8 Å². The first-order valence-corrected chi connectivity index (χ1v) is 5.38. The van der Waals surface area contributed by atoms with Gasteiger partial charge in [0, 0.05) is 6.92 Å². The third-order valence-electron chi connectivity index (χ3n) is 2.15. The molecule has 0 aliphatic rings. The molecular formula is C13H15NO3. The van der Waals surface area contributed by atoms with Crippen molar-refractivity contribution in [2.24, 2.45) is 4.99 Å². The third-order valence-corrected chi connectivity index (χ3v) is 2.15. The van der Waals surface area contributed by atoms with E-state index in [0.717, 1.165) is 5.56 Å². The second-order valence-electron chi connectivity index (χ2n) is 3.52. The van der Waals surface area contributed by atoms with E-state index in [1.165, 1.54) is 6.92 Å². The van der Waals surface area contributed by atoms with Crippen LogP contribution in [0.2, 0.25) is 0 Å². The lowest BCUT2D eigenvalue weighted by molar-refractivity contribution is -0.135. The van der Waals surface area contributed by atoms with Crippen molar-refractivity contribution in [2.75, 3.05) is 6.61 Å².